The van der Waals surface area contributed by atoms with E-state index < -0.39 is 0 Å². The highest BCUT2D eigenvalue weighted by Crippen LogP contribution is 2.39. The van der Waals surface area contributed by atoms with Crippen LogP contribution < -0.4 is 0 Å². The lowest BCUT2D eigenvalue weighted by molar-refractivity contribution is -0.110. The van der Waals surface area contributed by atoms with Gasteiger partial charge in [0.1, 0.15) is 0 Å². The molecule has 2 nitrogen and oxygen atoms in total. The molecule has 0 saturated heterocycles. The van der Waals surface area contributed by atoms with Gasteiger partial charge in [-0.2, -0.15) is 0 Å². The highest BCUT2D eigenvalue weighted by atomic mass is 16.1. The van der Waals surface area contributed by atoms with Crippen LogP contribution in [0.2, 0.25) is 0 Å². The zero-order valence-corrected chi connectivity index (χ0v) is 14.6. The predicted molar refractivity (Wildman–Crippen MR) is 104 cm³/mol. The van der Waals surface area contributed by atoms with Crippen LogP contribution in [0.5, 0.6) is 0 Å². The Morgan fingerprint density at radius 1 is 0.875 bits per heavy atom. The van der Waals surface area contributed by atoms with Crippen LogP contribution in [0.4, 0.5) is 0 Å². The molecule has 1 aromatic heterocycles. The third-order valence-electron chi connectivity index (χ3n) is 4.18. The van der Waals surface area contributed by atoms with Crippen molar-refractivity contribution in [3.8, 4) is 0 Å². The van der Waals surface area contributed by atoms with Gasteiger partial charge < -0.3 is 4.98 Å². The molecule has 0 atom stereocenters. The van der Waals surface area contributed by atoms with Crippen molar-refractivity contribution < 1.29 is 4.79 Å². The first-order valence-corrected chi connectivity index (χ1v) is 7.94. The molecule has 1 aliphatic carbocycles. The van der Waals surface area contributed by atoms with Gasteiger partial charge in [-0.05, 0) is 43.6 Å². The van der Waals surface area contributed by atoms with Crippen molar-refractivity contribution in [2.45, 2.75) is 20.8 Å². The fraction of sp³-hybridized carbons (Fsp3) is 0.136. The molecule has 0 bridgehead atoms. The van der Waals surface area contributed by atoms with Gasteiger partial charge in [-0.3, -0.25) is 4.79 Å². The van der Waals surface area contributed by atoms with Gasteiger partial charge in [0.25, 0.3) is 0 Å². The van der Waals surface area contributed by atoms with Gasteiger partial charge in [0.15, 0.2) is 5.78 Å². The Bertz CT molecular complexity index is 851. The number of aromatic nitrogens is 1. The molecule has 1 aliphatic rings. The number of rotatable bonds is 6. The third kappa shape index (κ3) is 2.61. The van der Waals surface area contributed by atoms with E-state index in [1.165, 1.54) is 0 Å². The van der Waals surface area contributed by atoms with Crippen LogP contribution in [0.15, 0.2) is 66.8 Å². The maximum absolute atomic E-state index is 13.0. The second-order valence-corrected chi connectivity index (χ2v) is 5.51. The molecule has 0 fully saturated rings. The van der Waals surface area contributed by atoms with Crippen LogP contribution in [0.25, 0.3) is 17.7 Å². The lowest BCUT2D eigenvalue weighted by Gasteiger charge is -2.04. The number of H-pyrrole nitrogens is 1. The highest BCUT2D eigenvalue weighted by molar-refractivity contribution is 6.35. The van der Waals surface area contributed by atoms with Gasteiger partial charge in [0, 0.05) is 16.8 Å². The molecule has 0 saturated carbocycles. The fourth-order valence-electron chi connectivity index (χ4n) is 3.11. The fourth-order valence-corrected chi connectivity index (χ4v) is 3.11. The van der Waals surface area contributed by atoms with Crippen molar-refractivity contribution in [1.82, 2.24) is 4.98 Å². The minimum absolute atomic E-state index is 0.00936. The zero-order chi connectivity index (χ0) is 17.9. The molecule has 2 rings (SSSR count). The van der Waals surface area contributed by atoms with Crippen molar-refractivity contribution in [1.29, 1.82) is 0 Å². The lowest BCUT2D eigenvalue weighted by atomic mass is 9.99. The summed E-state index contributed by atoms with van der Waals surface area (Å²) in [7, 11) is 0. The Morgan fingerprint density at radius 3 is 2.00 bits per heavy atom. The van der Waals surface area contributed by atoms with Crippen LogP contribution in [-0.2, 0) is 4.79 Å². The van der Waals surface area contributed by atoms with Gasteiger partial charge in [-0.1, -0.05) is 56.2 Å². The number of ketones is 1. The molecular weight excluding hydrogens is 294 g/mol. The van der Waals surface area contributed by atoms with Crippen molar-refractivity contribution in [3.63, 3.8) is 0 Å². The van der Waals surface area contributed by atoms with Crippen LogP contribution in [-0.4, -0.2) is 10.8 Å². The summed E-state index contributed by atoms with van der Waals surface area (Å²) >= 11 is 0. The summed E-state index contributed by atoms with van der Waals surface area (Å²) in [6.45, 7) is 17.5. The maximum atomic E-state index is 13.0. The SMILES string of the molecule is C=CC1=C(/C=C\C)C(=O)C(c2[nH]c(/C=C\C)c(C=C)c2C)=C1C=C. The number of aromatic amines is 1. The molecule has 1 heterocycles. The first-order chi connectivity index (χ1) is 11.5. The Hall–Kier alpha value is -2.87. The Morgan fingerprint density at radius 2 is 1.50 bits per heavy atom. The number of carbonyl (C=O) groups is 1. The zero-order valence-electron chi connectivity index (χ0n) is 14.6. The van der Waals surface area contributed by atoms with Crippen molar-refractivity contribution >= 4 is 23.5 Å². The monoisotopic (exact) mass is 317 g/mol. The van der Waals surface area contributed by atoms with Crippen molar-refractivity contribution in [2.75, 3.05) is 0 Å². The minimum atomic E-state index is -0.00936. The van der Waals surface area contributed by atoms with Gasteiger partial charge in [0.05, 0.1) is 11.3 Å². The largest absolute Gasteiger partial charge is 0.354 e. The Balaban J connectivity index is 2.78. The van der Waals surface area contributed by atoms with Gasteiger partial charge >= 0.3 is 0 Å². The molecule has 2 heteroatoms. The minimum Gasteiger partial charge on any atom is -0.354 e. The summed E-state index contributed by atoms with van der Waals surface area (Å²) in [6, 6.07) is 0. The molecule has 0 spiro atoms. The second-order valence-electron chi connectivity index (χ2n) is 5.51. The molecule has 0 aromatic carbocycles. The van der Waals surface area contributed by atoms with Crippen LogP contribution in [0.1, 0.15) is 36.4 Å². The molecule has 24 heavy (non-hydrogen) atoms. The quantitative estimate of drug-likeness (QED) is 0.730. The van der Waals surface area contributed by atoms with Crippen LogP contribution in [0, 0.1) is 6.92 Å². The topological polar surface area (TPSA) is 32.9 Å². The average Bonchev–Trinajstić information content (AvgIpc) is 3.02. The molecule has 0 radical (unpaired) electrons. The summed E-state index contributed by atoms with van der Waals surface area (Å²) in [4.78, 5) is 16.4. The van der Waals surface area contributed by atoms with E-state index in [4.69, 9.17) is 0 Å². The highest BCUT2D eigenvalue weighted by Gasteiger charge is 2.31. The number of carbonyl (C=O) groups excluding carboxylic acids is 1. The summed E-state index contributed by atoms with van der Waals surface area (Å²) in [5.41, 5.74) is 6.71. The molecule has 0 unspecified atom stereocenters. The molecule has 0 aliphatic heterocycles. The van der Waals surface area contributed by atoms with E-state index >= 15 is 0 Å². The van der Waals surface area contributed by atoms with Crippen LogP contribution in [0.3, 0.4) is 0 Å². The molecule has 122 valence electrons. The molecule has 1 N–H and O–H groups in total. The standard InChI is InChI=1S/C22H23NO/c1-7-12-18-16(10-4)17(11-5)20(22(18)24)21-14(6)15(9-3)19(23-21)13-8-2/h7-13,23H,3-5H2,1-2,6H3/b12-7-,13-8-. The lowest BCUT2D eigenvalue weighted by Crippen LogP contribution is -2.02. The molecular formula is C22H23NO. The van der Waals surface area contributed by atoms with E-state index in [0.717, 1.165) is 33.7 Å². The van der Waals surface area contributed by atoms with Crippen molar-refractivity contribution in [3.05, 3.63) is 89.4 Å². The third-order valence-corrected chi connectivity index (χ3v) is 4.18. The predicted octanol–water partition coefficient (Wildman–Crippen LogP) is 5.58. The van der Waals surface area contributed by atoms with E-state index in [2.05, 4.69) is 24.7 Å². The number of nitrogens with one attached hydrogen (secondary N) is 1. The van der Waals surface area contributed by atoms with E-state index in [0.29, 0.717) is 11.1 Å². The van der Waals surface area contributed by atoms with E-state index in [1.807, 2.05) is 51.2 Å². The average molecular weight is 317 g/mol. The summed E-state index contributed by atoms with van der Waals surface area (Å²) in [6.07, 6.45) is 12.9. The number of Topliss-reactive ketones (excluding diaryl/α,β-unsaturated/α-hetero) is 1. The number of hydrogen-bond donors (Lipinski definition) is 1. The van der Waals surface area contributed by atoms with E-state index in [1.54, 1.807) is 12.2 Å². The number of allylic oxidation sites excluding steroid dienone is 9. The number of hydrogen-bond acceptors (Lipinski definition) is 1. The smallest absolute Gasteiger partial charge is 0.196 e. The van der Waals surface area contributed by atoms with E-state index in [9.17, 15) is 4.79 Å². The Kier molecular flexibility index (Phi) is 5.20. The maximum Gasteiger partial charge on any atom is 0.196 e. The summed E-state index contributed by atoms with van der Waals surface area (Å²) < 4.78 is 0. The van der Waals surface area contributed by atoms with Gasteiger partial charge in [-0.15, -0.1) is 0 Å². The Labute approximate surface area is 144 Å². The van der Waals surface area contributed by atoms with Gasteiger partial charge in [0.2, 0.25) is 0 Å². The summed E-state index contributed by atoms with van der Waals surface area (Å²) in [5, 5.41) is 0. The van der Waals surface area contributed by atoms with Crippen LogP contribution >= 0.6 is 0 Å². The molecule has 0 amide bonds. The summed E-state index contributed by atoms with van der Waals surface area (Å²) in [5.74, 6) is -0.00936. The van der Waals surface area contributed by atoms with Crippen molar-refractivity contribution in [2.24, 2.45) is 0 Å². The van der Waals surface area contributed by atoms with Gasteiger partial charge in [-0.25, -0.2) is 0 Å². The first-order valence-electron chi connectivity index (χ1n) is 7.94. The first kappa shape index (κ1) is 17.5. The molecule has 1 aromatic rings. The van der Waals surface area contributed by atoms with E-state index in [-0.39, 0.29) is 5.78 Å². The normalized spacial score (nSPS) is 15.2. The second kappa shape index (κ2) is 7.14.